The van der Waals surface area contributed by atoms with E-state index in [1.165, 1.54) is 5.69 Å². The summed E-state index contributed by atoms with van der Waals surface area (Å²) in [4.78, 5) is 4.63. The highest BCUT2D eigenvalue weighted by molar-refractivity contribution is 5.85. The SMILES string of the molecule is COc1ccc(N2CCN(CC(O)COCc3cc(OC)ccc3OC)CC2)cc1.Cl.Cl. The lowest BCUT2D eigenvalue weighted by molar-refractivity contribution is 0.00862. The van der Waals surface area contributed by atoms with Crippen molar-refractivity contribution in [1.29, 1.82) is 0 Å². The number of aliphatic hydroxyl groups is 1. The van der Waals surface area contributed by atoms with Gasteiger partial charge in [0.15, 0.2) is 0 Å². The third-order valence-electron chi connectivity index (χ3n) is 5.33. The van der Waals surface area contributed by atoms with Crippen LogP contribution in [0.15, 0.2) is 42.5 Å². The van der Waals surface area contributed by atoms with Crippen LogP contribution in [0.5, 0.6) is 17.2 Å². The number of hydrogen-bond donors (Lipinski definition) is 1. The van der Waals surface area contributed by atoms with Crippen LogP contribution in [0.2, 0.25) is 0 Å². The van der Waals surface area contributed by atoms with Gasteiger partial charge >= 0.3 is 0 Å². The van der Waals surface area contributed by atoms with Crippen molar-refractivity contribution in [3.8, 4) is 17.2 Å². The molecule has 2 aromatic carbocycles. The fourth-order valence-corrected chi connectivity index (χ4v) is 3.63. The maximum absolute atomic E-state index is 10.4. The number of anilines is 1. The first-order chi connectivity index (χ1) is 14.6. The molecule has 7 nitrogen and oxygen atoms in total. The molecule has 1 heterocycles. The Labute approximate surface area is 203 Å². The molecule has 0 saturated carbocycles. The van der Waals surface area contributed by atoms with Crippen molar-refractivity contribution in [2.75, 3.05) is 65.6 Å². The topological polar surface area (TPSA) is 63.6 Å². The Balaban J connectivity index is 0.00000256. The first kappa shape index (κ1) is 28.1. The van der Waals surface area contributed by atoms with E-state index in [-0.39, 0.29) is 31.4 Å². The first-order valence-electron chi connectivity index (χ1n) is 10.2. The zero-order chi connectivity index (χ0) is 21.3. The Bertz CT molecular complexity index is 786. The minimum atomic E-state index is -0.533. The highest BCUT2D eigenvalue weighted by atomic mass is 35.5. The molecule has 1 saturated heterocycles. The number of piperazine rings is 1. The number of halogens is 2. The van der Waals surface area contributed by atoms with Crippen molar-refractivity contribution < 1.29 is 24.1 Å². The quantitative estimate of drug-likeness (QED) is 0.550. The average molecular weight is 489 g/mol. The number of methoxy groups -OCH3 is 3. The summed E-state index contributed by atoms with van der Waals surface area (Å²) in [6, 6.07) is 13.7. The van der Waals surface area contributed by atoms with Crippen LogP contribution in [0, 0.1) is 0 Å². The second-order valence-electron chi connectivity index (χ2n) is 7.33. The lowest BCUT2D eigenvalue weighted by Crippen LogP contribution is -2.49. The lowest BCUT2D eigenvalue weighted by atomic mass is 10.2. The molecule has 2 aromatic rings. The van der Waals surface area contributed by atoms with Crippen LogP contribution in [-0.2, 0) is 11.3 Å². The first-order valence-corrected chi connectivity index (χ1v) is 10.2. The summed E-state index contributed by atoms with van der Waals surface area (Å²) < 4.78 is 21.6. The molecule has 0 aromatic heterocycles. The van der Waals surface area contributed by atoms with E-state index >= 15 is 0 Å². The van der Waals surface area contributed by atoms with Crippen molar-refractivity contribution in [1.82, 2.24) is 4.90 Å². The molecule has 0 aliphatic carbocycles. The van der Waals surface area contributed by atoms with Gasteiger partial charge in [-0.3, -0.25) is 4.90 Å². The van der Waals surface area contributed by atoms with Crippen LogP contribution in [0.3, 0.4) is 0 Å². The number of aliphatic hydroxyl groups excluding tert-OH is 1. The van der Waals surface area contributed by atoms with Gasteiger partial charge in [0.1, 0.15) is 17.2 Å². The molecule has 1 aliphatic heterocycles. The highest BCUT2D eigenvalue weighted by Gasteiger charge is 2.20. The molecule has 9 heteroatoms. The number of hydrogen-bond acceptors (Lipinski definition) is 7. The second-order valence-corrected chi connectivity index (χ2v) is 7.33. The van der Waals surface area contributed by atoms with E-state index in [9.17, 15) is 5.11 Å². The van der Waals surface area contributed by atoms with Crippen molar-refractivity contribution in [2.45, 2.75) is 12.7 Å². The fraction of sp³-hybridized carbons (Fsp3) is 0.478. The van der Waals surface area contributed by atoms with E-state index in [2.05, 4.69) is 21.9 Å². The Hall–Kier alpha value is -1.90. The largest absolute Gasteiger partial charge is 0.497 e. The zero-order valence-corrected chi connectivity index (χ0v) is 20.5. The van der Waals surface area contributed by atoms with Crippen molar-refractivity contribution >= 4 is 30.5 Å². The maximum Gasteiger partial charge on any atom is 0.124 e. The predicted molar refractivity (Wildman–Crippen MR) is 131 cm³/mol. The van der Waals surface area contributed by atoms with Gasteiger partial charge in [-0.25, -0.2) is 0 Å². The highest BCUT2D eigenvalue weighted by Crippen LogP contribution is 2.25. The second kappa shape index (κ2) is 14.3. The maximum atomic E-state index is 10.4. The van der Waals surface area contributed by atoms with Gasteiger partial charge in [0.05, 0.1) is 40.6 Å². The van der Waals surface area contributed by atoms with E-state index in [1.807, 2.05) is 30.3 Å². The summed E-state index contributed by atoms with van der Waals surface area (Å²) in [7, 11) is 4.94. The summed E-state index contributed by atoms with van der Waals surface area (Å²) in [6.45, 7) is 4.93. The molecular formula is C23H34Cl2N2O5. The molecule has 1 N–H and O–H groups in total. The van der Waals surface area contributed by atoms with Crippen LogP contribution < -0.4 is 19.1 Å². The van der Waals surface area contributed by atoms with Crippen LogP contribution in [0.4, 0.5) is 5.69 Å². The summed E-state index contributed by atoms with van der Waals surface area (Å²) >= 11 is 0. The van der Waals surface area contributed by atoms with Gasteiger partial charge in [-0.2, -0.15) is 0 Å². The number of nitrogens with zero attached hydrogens (tertiary/aromatic N) is 2. The third kappa shape index (κ3) is 7.90. The van der Waals surface area contributed by atoms with Crippen LogP contribution >= 0.6 is 24.8 Å². The molecule has 3 rings (SSSR count). The van der Waals surface area contributed by atoms with E-state index in [1.54, 1.807) is 21.3 Å². The van der Waals surface area contributed by atoms with Gasteiger partial charge in [0.25, 0.3) is 0 Å². The summed E-state index contributed by atoms with van der Waals surface area (Å²) in [5.41, 5.74) is 2.10. The molecule has 180 valence electrons. The third-order valence-corrected chi connectivity index (χ3v) is 5.33. The Morgan fingerprint density at radius 2 is 1.47 bits per heavy atom. The molecule has 0 bridgehead atoms. The van der Waals surface area contributed by atoms with Crippen LogP contribution in [0.1, 0.15) is 5.56 Å². The molecule has 1 atom stereocenters. The molecule has 1 fully saturated rings. The molecule has 0 amide bonds. The fourth-order valence-electron chi connectivity index (χ4n) is 3.63. The smallest absolute Gasteiger partial charge is 0.124 e. The number of rotatable bonds is 10. The monoisotopic (exact) mass is 488 g/mol. The van der Waals surface area contributed by atoms with E-state index in [4.69, 9.17) is 18.9 Å². The van der Waals surface area contributed by atoms with Gasteiger partial charge in [-0.1, -0.05) is 0 Å². The zero-order valence-electron chi connectivity index (χ0n) is 18.9. The summed E-state index contributed by atoms with van der Waals surface area (Å²) in [5.74, 6) is 2.37. The van der Waals surface area contributed by atoms with Crippen LogP contribution in [-0.4, -0.2) is 76.8 Å². The molecule has 0 spiro atoms. The van der Waals surface area contributed by atoms with E-state index in [0.29, 0.717) is 13.2 Å². The molecule has 1 unspecified atom stereocenters. The van der Waals surface area contributed by atoms with E-state index < -0.39 is 6.10 Å². The van der Waals surface area contributed by atoms with Crippen molar-refractivity contribution in [3.05, 3.63) is 48.0 Å². The molecular weight excluding hydrogens is 455 g/mol. The Kier molecular flexibility index (Phi) is 12.6. The minimum Gasteiger partial charge on any atom is -0.497 e. The van der Waals surface area contributed by atoms with Gasteiger partial charge in [-0.05, 0) is 42.5 Å². The molecule has 1 aliphatic rings. The minimum absolute atomic E-state index is 0. The lowest BCUT2D eigenvalue weighted by Gasteiger charge is -2.36. The predicted octanol–water partition coefficient (Wildman–Crippen LogP) is 3.26. The molecule has 0 radical (unpaired) electrons. The van der Waals surface area contributed by atoms with Crippen LogP contribution in [0.25, 0.3) is 0 Å². The van der Waals surface area contributed by atoms with Gasteiger partial charge in [0.2, 0.25) is 0 Å². The average Bonchev–Trinajstić information content (AvgIpc) is 2.79. The Morgan fingerprint density at radius 1 is 0.844 bits per heavy atom. The number of ether oxygens (including phenoxy) is 4. The number of β-amino-alcohol motifs (C(OH)–C–C–N with tert-alkyl or cyclic N) is 1. The van der Waals surface area contributed by atoms with E-state index in [0.717, 1.165) is 49.0 Å². The molecule has 32 heavy (non-hydrogen) atoms. The standard InChI is InChI=1S/C23H32N2O5.2ClH/c1-27-21-6-4-19(5-7-21)25-12-10-24(11-13-25)15-20(26)17-30-16-18-14-22(28-2)8-9-23(18)29-3;;/h4-9,14,20,26H,10-13,15-17H2,1-3H3;2*1H. The van der Waals surface area contributed by atoms with Crippen molar-refractivity contribution in [3.63, 3.8) is 0 Å². The van der Waals surface area contributed by atoms with Crippen molar-refractivity contribution in [2.24, 2.45) is 0 Å². The number of benzene rings is 2. The summed E-state index contributed by atoms with van der Waals surface area (Å²) in [5, 5.41) is 10.4. The normalized spacial score (nSPS) is 14.7. The van der Waals surface area contributed by atoms with Gasteiger partial charge < -0.3 is 29.0 Å². The Morgan fingerprint density at radius 3 is 2.06 bits per heavy atom. The van der Waals surface area contributed by atoms with Gasteiger partial charge in [-0.15, -0.1) is 24.8 Å². The summed E-state index contributed by atoms with van der Waals surface area (Å²) in [6.07, 6.45) is -0.533. The van der Waals surface area contributed by atoms with Gasteiger partial charge in [0, 0.05) is 44.0 Å².